The van der Waals surface area contributed by atoms with Crippen LogP contribution in [0.5, 0.6) is 0 Å². The molecule has 0 aromatic carbocycles. The Morgan fingerprint density at radius 3 is 2.76 bits per heavy atom. The Hall–Kier alpha value is -2.68. The number of morpholine rings is 1. The van der Waals surface area contributed by atoms with E-state index in [4.69, 9.17) is 9.15 Å². The maximum Gasteiger partial charge on any atom is 0.287 e. The van der Waals surface area contributed by atoms with Gasteiger partial charge >= 0.3 is 0 Å². The summed E-state index contributed by atoms with van der Waals surface area (Å²) in [6.45, 7) is 3.88. The summed E-state index contributed by atoms with van der Waals surface area (Å²) < 4.78 is 12.7. The maximum absolute atomic E-state index is 12.6. The van der Waals surface area contributed by atoms with E-state index in [2.05, 4.69) is 21.7 Å². The number of ether oxygens (including phenoxy) is 1. The van der Waals surface area contributed by atoms with Gasteiger partial charge in [-0.2, -0.15) is 0 Å². The summed E-state index contributed by atoms with van der Waals surface area (Å²) in [4.78, 5) is 28.0. The predicted molar refractivity (Wildman–Crippen MR) is 110 cm³/mol. The zero-order valence-corrected chi connectivity index (χ0v) is 16.8. The highest BCUT2D eigenvalue weighted by atomic mass is 32.1. The molecule has 1 amide bonds. The average Bonchev–Trinajstić information content (AvgIpc) is 3.43. The third-order valence-corrected chi connectivity index (χ3v) is 5.90. The first-order valence-electron chi connectivity index (χ1n) is 9.58. The topological polar surface area (TPSA) is 76.7 Å². The third kappa shape index (κ3) is 4.84. The molecule has 1 unspecified atom stereocenters. The number of carbonyl (C=O) groups excluding carboxylic acids is 1. The van der Waals surface area contributed by atoms with Gasteiger partial charge in [0.15, 0.2) is 5.76 Å². The second-order valence-electron chi connectivity index (χ2n) is 6.82. The number of carbonyl (C=O) groups is 1. The van der Waals surface area contributed by atoms with E-state index in [-0.39, 0.29) is 23.3 Å². The van der Waals surface area contributed by atoms with Crippen molar-refractivity contribution < 1.29 is 13.9 Å². The summed E-state index contributed by atoms with van der Waals surface area (Å²) in [5.41, 5.74) is -0.112. The molecule has 0 aliphatic carbocycles. The van der Waals surface area contributed by atoms with E-state index in [9.17, 15) is 9.59 Å². The van der Waals surface area contributed by atoms with Gasteiger partial charge in [0.05, 0.1) is 25.8 Å². The van der Waals surface area contributed by atoms with Gasteiger partial charge in [0.25, 0.3) is 11.5 Å². The van der Waals surface area contributed by atoms with E-state index in [1.54, 1.807) is 41.8 Å². The van der Waals surface area contributed by atoms with Crippen LogP contribution in [0.4, 0.5) is 0 Å². The molecule has 4 heterocycles. The molecule has 1 saturated heterocycles. The number of rotatable bonds is 7. The smallest absolute Gasteiger partial charge is 0.287 e. The highest BCUT2D eigenvalue weighted by Crippen LogP contribution is 2.25. The molecule has 1 atom stereocenters. The molecular weight excluding hydrogens is 390 g/mol. The predicted octanol–water partition coefficient (Wildman–Crippen LogP) is 2.35. The first-order valence-corrected chi connectivity index (χ1v) is 10.5. The van der Waals surface area contributed by atoms with Crippen molar-refractivity contribution in [2.24, 2.45) is 0 Å². The lowest BCUT2D eigenvalue weighted by Crippen LogP contribution is -2.43. The van der Waals surface area contributed by atoms with Crippen molar-refractivity contribution in [1.29, 1.82) is 0 Å². The van der Waals surface area contributed by atoms with E-state index in [1.165, 1.54) is 15.5 Å². The first kappa shape index (κ1) is 19.6. The molecule has 8 heteroatoms. The summed E-state index contributed by atoms with van der Waals surface area (Å²) in [5.74, 6) is 0.550. The van der Waals surface area contributed by atoms with Gasteiger partial charge in [-0.1, -0.05) is 12.1 Å². The Labute approximate surface area is 172 Å². The monoisotopic (exact) mass is 413 g/mol. The Morgan fingerprint density at radius 2 is 2.00 bits per heavy atom. The quantitative estimate of drug-likeness (QED) is 0.644. The fourth-order valence-corrected chi connectivity index (χ4v) is 4.26. The Balaban J connectivity index is 1.40. The number of nitrogens with zero attached hydrogens (tertiary/aromatic N) is 2. The van der Waals surface area contributed by atoms with Gasteiger partial charge in [-0.3, -0.25) is 14.5 Å². The molecule has 3 aromatic rings. The zero-order chi connectivity index (χ0) is 20.1. The van der Waals surface area contributed by atoms with Crippen LogP contribution in [0, 0.1) is 0 Å². The van der Waals surface area contributed by atoms with Crippen molar-refractivity contribution in [3.8, 4) is 0 Å². The Morgan fingerprint density at radius 1 is 1.14 bits per heavy atom. The van der Waals surface area contributed by atoms with Gasteiger partial charge in [0.2, 0.25) is 0 Å². The van der Waals surface area contributed by atoms with Crippen LogP contribution in [0.25, 0.3) is 0 Å². The summed E-state index contributed by atoms with van der Waals surface area (Å²) >= 11 is 1.69. The first-order chi connectivity index (χ1) is 14.2. The molecule has 1 fully saturated rings. The maximum atomic E-state index is 12.6. The van der Waals surface area contributed by atoms with E-state index < -0.39 is 0 Å². The lowest BCUT2D eigenvalue weighted by molar-refractivity contribution is 0.0168. The molecule has 29 heavy (non-hydrogen) atoms. The van der Waals surface area contributed by atoms with Crippen LogP contribution in [-0.2, 0) is 11.3 Å². The number of aromatic nitrogens is 1. The van der Waals surface area contributed by atoms with Gasteiger partial charge in [0.1, 0.15) is 5.76 Å². The van der Waals surface area contributed by atoms with Crippen LogP contribution >= 0.6 is 11.3 Å². The molecule has 1 aliphatic rings. The molecule has 1 N–H and O–H groups in total. The van der Waals surface area contributed by atoms with Gasteiger partial charge in [-0.05, 0) is 29.6 Å². The van der Waals surface area contributed by atoms with Crippen LogP contribution in [-0.4, -0.2) is 48.2 Å². The minimum Gasteiger partial charge on any atom is -0.454 e. The largest absolute Gasteiger partial charge is 0.454 e. The molecule has 4 rings (SSSR count). The van der Waals surface area contributed by atoms with E-state index in [1.807, 2.05) is 6.07 Å². The second kappa shape index (κ2) is 9.21. The van der Waals surface area contributed by atoms with Crippen molar-refractivity contribution in [2.45, 2.75) is 12.6 Å². The van der Waals surface area contributed by atoms with Crippen LogP contribution < -0.4 is 10.9 Å². The van der Waals surface area contributed by atoms with Crippen LogP contribution in [0.1, 0.15) is 27.2 Å². The van der Waals surface area contributed by atoms with Gasteiger partial charge in [0, 0.05) is 36.8 Å². The Bertz CT molecular complexity index is 989. The lowest BCUT2D eigenvalue weighted by Gasteiger charge is -2.34. The summed E-state index contributed by atoms with van der Waals surface area (Å²) in [7, 11) is 0. The van der Waals surface area contributed by atoms with Crippen molar-refractivity contribution in [3.63, 3.8) is 0 Å². The standard InChI is InChI=1S/C21H23N3O4S/c25-20-5-1-2-8-24(20)15-16-6-7-18(28-16)21(26)22-14-17(19-4-3-13-29-19)23-9-11-27-12-10-23/h1-8,13,17H,9-12,14-15H2,(H,22,26). The lowest BCUT2D eigenvalue weighted by atomic mass is 10.2. The average molecular weight is 413 g/mol. The highest BCUT2D eigenvalue weighted by molar-refractivity contribution is 7.10. The van der Waals surface area contributed by atoms with Gasteiger partial charge in [-0.15, -0.1) is 11.3 Å². The van der Waals surface area contributed by atoms with Crippen LogP contribution in [0.15, 0.2) is 63.3 Å². The molecule has 0 saturated carbocycles. The summed E-state index contributed by atoms with van der Waals surface area (Å²) in [6, 6.07) is 12.6. The Kier molecular flexibility index (Phi) is 6.24. The number of amides is 1. The summed E-state index contributed by atoms with van der Waals surface area (Å²) in [6.07, 6.45) is 1.69. The van der Waals surface area contributed by atoms with E-state index in [0.717, 1.165) is 13.1 Å². The number of thiophene rings is 1. The molecular formula is C21H23N3O4S. The molecule has 0 spiro atoms. The molecule has 0 bridgehead atoms. The van der Waals surface area contributed by atoms with E-state index in [0.29, 0.717) is 32.1 Å². The number of hydrogen-bond acceptors (Lipinski definition) is 6. The number of pyridine rings is 1. The van der Waals surface area contributed by atoms with Crippen LogP contribution in [0.2, 0.25) is 0 Å². The highest BCUT2D eigenvalue weighted by Gasteiger charge is 2.24. The SMILES string of the molecule is O=C(NCC(c1cccs1)N1CCOCC1)c1ccc(Cn2ccccc2=O)o1. The second-order valence-corrected chi connectivity index (χ2v) is 7.80. The summed E-state index contributed by atoms with van der Waals surface area (Å²) in [5, 5.41) is 5.05. The number of furan rings is 1. The third-order valence-electron chi connectivity index (χ3n) is 4.92. The van der Waals surface area contributed by atoms with E-state index >= 15 is 0 Å². The zero-order valence-electron chi connectivity index (χ0n) is 16.0. The fraction of sp³-hybridized carbons (Fsp3) is 0.333. The van der Waals surface area contributed by atoms with Crippen molar-refractivity contribution >= 4 is 17.2 Å². The van der Waals surface area contributed by atoms with Crippen molar-refractivity contribution in [1.82, 2.24) is 14.8 Å². The minimum atomic E-state index is -0.258. The minimum absolute atomic E-state index is 0.111. The van der Waals surface area contributed by atoms with Gasteiger partial charge < -0.3 is 19.0 Å². The molecule has 152 valence electrons. The fourth-order valence-electron chi connectivity index (χ4n) is 3.40. The number of hydrogen-bond donors (Lipinski definition) is 1. The van der Waals surface area contributed by atoms with Crippen molar-refractivity contribution in [3.05, 3.63) is 80.8 Å². The van der Waals surface area contributed by atoms with Crippen molar-refractivity contribution in [2.75, 3.05) is 32.8 Å². The molecule has 0 radical (unpaired) electrons. The number of nitrogens with one attached hydrogen (secondary N) is 1. The molecule has 3 aromatic heterocycles. The molecule has 1 aliphatic heterocycles. The van der Waals surface area contributed by atoms with Gasteiger partial charge in [-0.25, -0.2) is 0 Å². The molecule has 7 nitrogen and oxygen atoms in total. The normalized spacial score (nSPS) is 15.9. The van der Waals surface area contributed by atoms with Crippen LogP contribution in [0.3, 0.4) is 0 Å².